The van der Waals surface area contributed by atoms with Gasteiger partial charge >= 0.3 is 0 Å². The van der Waals surface area contributed by atoms with E-state index in [-0.39, 0.29) is 10.9 Å². The SMILES string of the molecule is CCNc1ccc(S(=O)(=O)NC(C)CCC(C)C)cn1. The summed E-state index contributed by atoms with van der Waals surface area (Å²) in [6.45, 7) is 8.86. The van der Waals surface area contributed by atoms with Gasteiger partial charge in [0, 0.05) is 18.8 Å². The molecule has 0 spiro atoms. The zero-order chi connectivity index (χ0) is 15.2. The number of nitrogens with one attached hydrogen (secondary N) is 2. The van der Waals surface area contributed by atoms with E-state index in [1.807, 2.05) is 13.8 Å². The molecule has 0 bridgehead atoms. The number of nitrogens with zero attached hydrogens (tertiary/aromatic N) is 1. The zero-order valence-electron chi connectivity index (χ0n) is 12.7. The summed E-state index contributed by atoms with van der Waals surface area (Å²) in [5.41, 5.74) is 0. The van der Waals surface area contributed by atoms with Crippen LogP contribution >= 0.6 is 0 Å². The molecule has 2 N–H and O–H groups in total. The molecule has 20 heavy (non-hydrogen) atoms. The zero-order valence-corrected chi connectivity index (χ0v) is 13.5. The highest BCUT2D eigenvalue weighted by Crippen LogP contribution is 2.13. The standard InChI is InChI=1S/C14H25N3O2S/c1-5-15-14-9-8-13(10-16-14)20(18,19)17-12(4)7-6-11(2)3/h8-12,17H,5-7H2,1-4H3,(H,15,16). The van der Waals surface area contributed by atoms with Crippen LogP contribution in [0, 0.1) is 5.92 Å². The van der Waals surface area contributed by atoms with Crippen LogP contribution < -0.4 is 10.0 Å². The van der Waals surface area contributed by atoms with Gasteiger partial charge in [-0.2, -0.15) is 0 Å². The topological polar surface area (TPSA) is 71.1 Å². The third-order valence-electron chi connectivity index (χ3n) is 2.94. The first-order valence-electron chi connectivity index (χ1n) is 7.07. The number of anilines is 1. The molecule has 0 radical (unpaired) electrons. The Morgan fingerprint density at radius 3 is 2.40 bits per heavy atom. The van der Waals surface area contributed by atoms with E-state index in [0.29, 0.717) is 11.7 Å². The molecule has 5 nitrogen and oxygen atoms in total. The highest BCUT2D eigenvalue weighted by molar-refractivity contribution is 7.89. The number of rotatable bonds is 8. The van der Waals surface area contributed by atoms with E-state index in [1.165, 1.54) is 6.20 Å². The molecule has 114 valence electrons. The summed E-state index contributed by atoms with van der Waals surface area (Å²) in [7, 11) is -3.48. The maximum absolute atomic E-state index is 12.2. The molecule has 1 aromatic rings. The molecular weight excluding hydrogens is 274 g/mol. The lowest BCUT2D eigenvalue weighted by atomic mass is 10.1. The van der Waals surface area contributed by atoms with Crippen molar-refractivity contribution in [3.05, 3.63) is 18.3 Å². The molecule has 1 rings (SSSR count). The fraction of sp³-hybridized carbons (Fsp3) is 0.643. The third kappa shape index (κ3) is 5.46. The minimum atomic E-state index is -3.48. The van der Waals surface area contributed by atoms with Gasteiger partial charge in [0.15, 0.2) is 0 Å². The van der Waals surface area contributed by atoms with Crippen molar-refractivity contribution in [2.24, 2.45) is 5.92 Å². The van der Waals surface area contributed by atoms with Gasteiger partial charge in [-0.05, 0) is 44.7 Å². The second-order valence-electron chi connectivity index (χ2n) is 5.40. The summed E-state index contributed by atoms with van der Waals surface area (Å²) < 4.78 is 27.1. The molecule has 0 fully saturated rings. The number of hydrogen-bond donors (Lipinski definition) is 2. The molecule has 0 aliphatic heterocycles. The van der Waals surface area contributed by atoms with Crippen molar-refractivity contribution in [2.75, 3.05) is 11.9 Å². The van der Waals surface area contributed by atoms with Gasteiger partial charge in [-0.3, -0.25) is 0 Å². The minimum Gasteiger partial charge on any atom is -0.370 e. The second kappa shape index (κ2) is 7.59. The van der Waals surface area contributed by atoms with Gasteiger partial charge in [-0.15, -0.1) is 0 Å². The maximum atomic E-state index is 12.2. The van der Waals surface area contributed by atoms with E-state index < -0.39 is 10.0 Å². The molecule has 0 aromatic carbocycles. The van der Waals surface area contributed by atoms with E-state index in [1.54, 1.807) is 12.1 Å². The van der Waals surface area contributed by atoms with Crippen LogP contribution in [0.15, 0.2) is 23.2 Å². The van der Waals surface area contributed by atoms with Gasteiger partial charge in [-0.25, -0.2) is 18.1 Å². The Bertz CT molecular complexity index is 498. The summed E-state index contributed by atoms with van der Waals surface area (Å²) in [5, 5.41) is 3.03. The molecule has 1 unspecified atom stereocenters. The average molecular weight is 299 g/mol. The van der Waals surface area contributed by atoms with Crippen LogP contribution in [0.1, 0.15) is 40.5 Å². The van der Waals surface area contributed by atoms with E-state index in [2.05, 4.69) is 28.9 Å². The first-order valence-corrected chi connectivity index (χ1v) is 8.55. The molecule has 0 amide bonds. The highest BCUT2D eigenvalue weighted by atomic mass is 32.2. The monoisotopic (exact) mass is 299 g/mol. The first kappa shape index (κ1) is 16.9. The predicted molar refractivity (Wildman–Crippen MR) is 82.3 cm³/mol. The molecule has 1 aromatic heterocycles. The molecule has 0 saturated carbocycles. The molecule has 1 heterocycles. The third-order valence-corrected chi connectivity index (χ3v) is 4.51. The number of pyridine rings is 1. The molecule has 6 heteroatoms. The highest BCUT2D eigenvalue weighted by Gasteiger charge is 2.17. The Morgan fingerprint density at radius 2 is 1.90 bits per heavy atom. The molecule has 0 saturated heterocycles. The Morgan fingerprint density at radius 1 is 1.20 bits per heavy atom. The number of sulfonamides is 1. The number of aromatic nitrogens is 1. The quantitative estimate of drug-likeness (QED) is 0.774. The second-order valence-corrected chi connectivity index (χ2v) is 7.12. The lowest BCUT2D eigenvalue weighted by Gasteiger charge is -2.15. The van der Waals surface area contributed by atoms with Crippen molar-refractivity contribution in [3.63, 3.8) is 0 Å². The molecule has 1 atom stereocenters. The summed E-state index contributed by atoms with van der Waals surface area (Å²) >= 11 is 0. The minimum absolute atomic E-state index is 0.0733. The van der Waals surface area contributed by atoms with E-state index in [4.69, 9.17) is 0 Å². The fourth-order valence-corrected chi connectivity index (χ4v) is 3.02. The van der Waals surface area contributed by atoms with Crippen LogP contribution in [-0.4, -0.2) is 26.0 Å². The lowest BCUT2D eigenvalue weighted by Crippen LogP contribution is -2.32. The molecule has 0 aliphatic carbocycles. The Hall–Kier alpha value is -1.14. The van der Waals surface area contributed by atoms with Crippen molar-refractivity contribution < 1.29 is 8.42 Å². The van der Waals surface area contributed by atoms with Crippen LogP contribution in [0.25, 0.3) is 0 Å². The van der Waals surface area contributed by atoms with Crippen molar-refractivity contribution >= 4 is 15.8 Å². The van der Waals surface area contributed by atoms with Crippen LogP contribution in [-0.2, 0) is 10.0 Å². The maximum Gasteiger partial charge on any atom is 0.242 e. The normalized spacial score (nSPS) is 13.4. The van der Waals surface area contributed by atoms with Crippen molar-refractivity contribution in [2.45, 2.75) is 51.5 Å². The predicted octanol–water partition coefficient (Wildman–Crippen LogP) is 2.62. The van der Waals surface area contributed by atoms with Gasteiger partial charge < -0.3 is 5.32 Å². The van der Waals surface area contributed by atoms with E-state index in [9.17, 15) is 8.42 Å². The summed E-state index contributed by atoms with van der Waals surface area (Å²) in [6.07, 6.45) is 3.22. The van der Waals surface area contributed by atoms with Crippen LogP contribution in [0.3, 0.4) is 0 Å². The Kier molecular flexibility index (Phi) is 6.42. The van der Waals surface area contributed by atoms with Gasteiger partial charge in [-0.1, -0.05) is 13.8 Å². The summed E-state index contributed by atoms with van der Waals surface area (Å²) in [4.78, 5) is 4.29. The lowest BCUT2D eigenvalue weighted by molar-refractivity contribution is 0.485. The average Bonchev–Trinajstić information content (AvgIpc) is 2.37. The molecular formula is C14H25N3O2S. The van der Waals surface area contributed by atoms with Gasteiger partial charge in [0.05, 0.1) is 0 Å². The van der Waals surface area contributed by atoms with Crippen LogP contribution in [0.4, 0.5) is 5.82 Å². The van der Waals surface area contributed by atoms with Crippen molar-refractivity contribution in [1.82, 2.24) is 9.71 Å². The number of hydrogen-bond acceptors (Lipinski definition) is 4. The van der Waals surface area contributed by atoms with Crippen molar-refractivity contribution in [3.8, 4) is 0 Å². The Labute approximate surface area is 122 Å². The Balaban J connectivity index is 2.68. The fourth-order valence-electron chi connectivity index (χ4n) is 1.80. The van der Waals surface area contributed by atoms with Crippen molar-refractivity contribution in [1.29, 1.82) is 0 Å². The first-order chi connectivity index (χ1) is 9.35. The summed E-state index contributed by atoms with van der Waals surface area (Å²) in [6, 6.07) is 3.18. The van der Waals surface area contributed by atoms with E-state index >= 15 is 0 Å². The largest absolute Gasteiger partial charge is 0.370 e. The molecule has 0 aliphatic rings. The van der Waals surface area contributed by atoms with E-state index in [0.717, 1.165) is 19.4 Å². The van der Waals surface area contributed by atoms with Gasteiger partial charge in [0.2, 0.25) is 10.0 Å². The van der Waals surface area contributed by atoms with Crippen LogP contribution in [0.2, 0.25) is 0 Å². The summed E-state index contributed by atoms with van der Waals surface area (Å²) in [5.74, 6) is 1.25. The smallest absolute Gasteiger partial charge is 0.242 e. The van der Waals surface area contributed by atoms with Crippen LogP contribution in [0.5, 0.6) is 0 Å². The van der Waals surface area contributed by atoms with Gasteiger partial charge in [0.25, 0.3) is 0 Å². The van der Waals surface area contributed by atoms with Gasteiger partial charge in [0.1, 0.15) is 10.7 Å².